The van der Waals surface area contributed by atoms with Crippen molar-refractivity contribution in [1.82, 2.24) is 4.98 Å². The van der Waals surface area contributed by atoms with Gasteiger partial charge in [0.2, 0.25) is 0 Å². The van der Waals surface area contributed by atoms with Crippen LogP contribution in [0, 0.1) is 6.92 Å². The van der Waals surface area contributed by atoms with E-state index in [0.717, 1.165) is 10.6 Å². The van der Waals surface area contributed by atoms with E-state index in [0.29, 0.717) is 11.3 Å². The number of aromatic nitrogens is 1. The number of hydrogen-bond donors (Lipinski definition) is 1. The zero-order valence-electron chi connectivity index (χ0n) is 11.4. The molecule has 0 aliphatic rings. The molecule has 1 N–H and O–H groups in total. The number of nitrogens with zero attached hydrogens (tertiary/aromatic N) is 1. The van der Waals surface area contributed by atoms with Crippen molar-refractivity contribution in [2.45, 2.75) is 6.92 Å². The zero-order chi connectivity index (χ0) is 14.8. The molecule has 3 aromatic rings. The predicted molar refractivity (Wildman–Crippen MR) is 84.7 cm³/mol. The lowest BCUT2D eigenvalue weighted by atomic mass is 10.1. The van der Waals surface area contributed by atoms with Crippen LogP contribution in [0.5, 0.6) is 0 Å². The molecule has 3 rings (SSSR count). The Morgan fingerprint density at radius 3 is 2.52 bits per heavy atom. The van der Waals surface area contributed by atoms with Crippen LogP contribution in [0.1, 0.15) is 15.9 Å². The highest BCUT2D eigenvalue weighted by Crippen LogP contribution is 2.30. The molecule has 0 radical (unpaired) electrons. The second-order valence-electron chi connectivity index (χ2n) is 4.75. The van der Waals surface area contributed by atoms with Crippen molar-refractivity contribution < 1.29 is 9.90 Å². The number of aryl methyl sites for hydroxylation is 1. The number of hydrogen-bond acceptors (Lipinski definition) is 3. The summed E-state index contributed by atoms with van der Waals surface area (Å²) >= 11 is 1.52. The number of thiazole rings is 1. The second-order valence-corrected chi connectivity index (χ2v) is 5.61. The largest absolute Gasteiger partial charge is 0.478 e. The lowest BCUT2D eigenvalue weighted by molar-refractivity contribution is 0.0697. The van der Waals surface area contributed by atoms with Gasteiger partial charge in [-0.15, -0.1) is 11.3 Å². The molecule has 0 bridgehead atoms. The van der Waals surface area contributed by atoms with Gasteiger partial charge in [-0.1, -0.05) is 48.0 Å². The van der Waals surface area contributed by atoms with Gasteiger partial charge in [-0.25, -0.2) is 9.78 Å². The highest BCUT2D eigenvalue weighted by atomic mass is 32.1. The van der Waals surface area contributed by atoms with E-state index < -0.39 is 5.97 Å². The first kappa shape index (κ1) is 13.5. The Morgan fingerprint density at radius 1 is 1.10 bits per heavy atom. The van der Waals surface area contributed by atoms with Crippen molar-refractivity contribution in [2.75, 3.05) is 0 Å². The summed E-state index contributed by atoms with van der Waals surface area (Å²) in [5, 5.41) is 12.1. The summed E-state index contributed by atoms with van der Waals surface area (Å²) in [6, 6.07) is 15.1. The molecule has 4 heteroatoms. The van der Waals surface area contributed by atoms with Gasteiger partial charge in [-0.2, -0.15) is 0 Å². The minimum atomic E-state index is -0.935. The average molecular weight is 295 g/mol. The van der Waals surface area contributed by atoms with E-state index in [-0.39, 0.29) is 5.56 Å². The van der Waals surface area contributed by atoms with Crippen molar-refractivity contribution in [2.24, 2.45) is 0 Å². The number of rotatable bonds is 3. The van der Waals surface area contributed by atoms with Crippen LogP contribution < -0.4 is 0 Å². The molecule has 21 heavy (non-hydrogen) atoms. The van der Waals surface area contributed by atoms with Crippen LogP contribution in [0.25, 0.3) is 21.8 Å². The van der Waals surface area contributed by atoms with E-state index in [9.17, 15) is 9.90 Å². The minimum Gasteiger partial charge on any atom is -0.478 e. The standard InChI is InChI=1S/C17H13NO2S/c1-11-6-8-12(9-7-11)16-18-15(10-21-16)13-4-2-3-5-14(13)17(19)20/h2-10H,1H3,(H,19,20). The van der Waals surface area contributed by atoms with Crippen molar-refractivity contribution in [1.29, 1.82) is 0 Å². The molecule has 0 aliphatic carbocycles. The van der Waals surface area contributed by atoms with Gasteiger partial charge in [-0.3, -0.25) is 0 Å². The Balaban J connectivity index is 2.03. The minimum absolute atomic E-state index is 0.276. The molecule has 0 spiro atoms. The fourth-order valence-electron chi connectivity index (χ4n) is 2.12. The quantitative estimate of drug-likeness (QED) is 0.775. The van der Waals surface area contributed by atoms with Crippen LogP contribution in [0.3, 0.4) is 0 Å². The first-order valence-corrected chi connectivity index (χ1v) is 7.38. The molecule has 104 valence electrons. The molecule has 0 aliphatic heterocycles. The molecule has 1 heterocycles. The van der Waals surface area contributed by atoms with Crippen LogP contribution in [0.15, 0.2) is 53.9 Å². The molecule has 0 atom stereocenters. The van der Waals surface area contributed by atoms with Crippen LogP contribution in [0.4, 0.5) is 0 Å². The molecule has 2 aromatic carbocycles. The van der Waals surface area contributed by atoms with Crippen LogP contribution in [-0.2, 0) is 0 Å². The van der Waals surface area contributed by atoms with Gasteiger partial charge >= 0.3 is 5.97 Å². The van der Waals surface area contributed by atoms with E-state index in [1.807, 2.05) is 42.6 Å². The summed E-state index contributed by atoms with van der Waals surface area (Å²) < 4.78 is 0. The van der Waals surface area contributed by atoms with Crippen molar-refractivity contribution in [3.63, 3.8) is 0 Å². The number of benzene rings is 2. The lowest BCUT2D eigenvalue weighted by Gasteiger charge is -2.02. The van der Waals surface area contributed by atoms with E-state index in [1.54, 1.807) is 18.2 Å². The fourth-order valence-corrected chi connectivity index (χ4v) is 2.95. The normalized spacial score (nSPS) is 10.5. The number of aromatic carboxylic acids is 1. The number of carbonyl (C=O) groups is 1. The molecule has 0 saturated carbocycles. The van der Waals surface area contributed by atoms with E-state index in [2.05, 4.69) is 4.98 Å². The summed E-state index contributed by atoms with van der Waals surface area (Å²) in [4.78, 5) is 15.9. The topological polar surface area (TPSA) is 50.2 Å². The van der Waals surface area contributed by atoms with E-state index in [4.69, 9.17) is 0 Å². The molecule has 0 fully saturated rings. The molecular weight excluding hydrogens is 282 g/mol. The zero-order valence-corrected chi connectivity index (χ0v) is 12.2. The van der Waals surface area contributed by atoms with Gasteiger partial charge in [0.25, 0.3) is 0 Å². The first-order chi connectivity index (χ1) is 10.1. The number of carboxylic acids is 1. The maximum Gasteiger partial charge on any atom is 0.336 e. The van der Waals surface area contributed by atoms with Crippen LogP contribution >= 0.6 is 11.3 Å². The smallest absolute Gasteiger partial charge is 0.336 e. The predicted octanol–water partition coefficient (Wildman–Crippen LogP) is 4.48. The third-order valence-electron chi connectivity index (χ3n) is 3.24. The summed E-state index contributed by atoms with van der Waals surface area (Å²) in [7, 11) is 0. The summed E-state index contributed by atoms with van der Waals surface area (Å²) in [5.74, 6) is -0.935. The van der Waals surface area contributed by atoms with Gasteiger partial charge in [0.05, 0.1) is 11.3 Å². The third kappa shape index (κ3) is 2.71. The first-order valence-electron chi connectivity index (χ1n) is 6.50. The fraction of sp³-hybridized carbons (Fsp3) is 0.0588. The summed E-state index contributed by atoms with van der Waals surface area (Å²) in [6.45, 7) is 2.04. The molecule has 3 nitrogen and oxygen atoms in total. The SMILES string of the molecule is Cc1ccc(-c2nc(-c3ccccc3C(=O)O)cs2)cc1. The Bertz CT molecular complexity index is 791. The maximum atomic E-state index is 11.3. The van der Waals surface area contributed by atoms with Crippen LogP contribution in [-0.4, -0.2) is 16.1 Å². The highest BCUT2D eigenvalue weighted by Gasteiger charge is 2.14. The van der Waals surface area contributed by atoms with Gasteiger partial charge in [0.1, 0.15) is 5.01 Å². The Kier molecular flexibility index (Phi) is 3.54. The Labute approximate surface area is 126 Å². The van der Waals surface area contributed by atoms with E-state index in [1.165, 1.54) is 16.9 Å². The molecule has 0 unspecified atom stereocenters. The van der Waals surface area contributed by atoms with Crippen LogP contribution in [0.2, 0.25) is 0 Å². The Morgan fingerprint density at radius 2 is 1.81 bits per heavy atom. The lowest BCUT2D eigenvalue weighted by Crippen LogP contribution is -1.99. The maximum absolute atomic E-state index is 11.3. The summed E-state index contributed by atoms with van der Waals surface area (Å²) in [6.07, 6.45) is 0. The molecular formula is C17H13NO2S. The summed E-state index contributed by atoms with van der Waals surface area (Å²) in [5.41, 5.74) is 3.88. The van der Waals surface area contributed by atoms with Gasteiger partial charge in [0.15, 0.2) is 0 Å². The third-order valence-corrected chi connectivity index (χ3v) is 4.13. The van der Waals surface area contributed by atoms with Crippen molar-refractivity contribution in [3.05, 3.63) is 65.0 Å². The number of carboxylic acid groups (broad SMARTS) is 1. The highest BCUT2D eigenvalue weighted by molar-refractivity contribution is 7.13. The second kappa shape index (κ2) is 5.50. The Hall–Kier alpha value is -2.46. The van der Waals surface area contributed by atoms with Gasteiger partial charge in [0, 0.05) is 16.5 Å². The molecule has 0 saturated heterocycles. The molecule has 0 amide bonds. The average Bonchev–Trinajstić information content (AvgIpc) is 2.97. The van der Waals surface area contributed by atoms with Gasteiger partial charge in [-0.05, 0) is 13.0 Å². The van der Waals surface area contributed by atoms with E-state index >= 15 is 0 Å². The van der Waals surface area contributed by atoms with Gasteiger partial charge < -0.3 is 5.11 Å². The van der Waals surface area contributed by atoms with Crippen molar-refractivity contribution in [3.8, 4) is 21.8 Å². The molecule has 1 aromatic heterocycles. The monoisotopic (exact) mass is 295 g/mol. The van der Waals surface area contributed by atoms with Crippen molar-refractivity contribution >= 4 is 17.3 Å².